The molecule has 0 saturated heterocycles. The maximum absolute atomic E-state index is 11.2. The third kappa shape index (κ3) is 1.91. The van der Waals surface area contributed by atoms with Crippen LogP contribution in [0.5, 0.6) is 5.75 Å². The number of hydrogen-bond acceptors (Lipinski definition) is 3. The number of hydrogen-bond donors (Lipinski definition) is 2. The highest BCUT2D eigenvalue weighted by molar-refractivity contribution is 5.73. The summed E-state index contributed by atoms with van der Waals surface area (Å²) in [5.41, 5.74) is 1.36. The first-order valence-electron chi connectivity index (χ1n) is 9.39. The first-order valence-corrected chi connectivity index (χ1v) is 8.39. The minimum atomic E-state index is -2.25. The van der Waals surface area contributed by atoms with Crippen LogP contribution in [0.3, 0.4) is 0 Å². The first kappa shape index (κ1) is 12.6. The van der Waals surface area contributed by atoms with E-state index < -0.39 is 17.4 Å². The molecule has 1 fully saturated rings. The van der Waals surface area contributed by atoms with E-state index in [1.165, 1.54) is 11.1 Å². The second kappa shape index (κ2) is 4.85. The Morgan fingerprint density at radius 2 is 2.26 bits per heavy atom. The van der Waals surface area contributed by atoms with Gasteiger partial charge in [0.2, 0.25) is 0 Å². The third-order valence-corrected chi connectivity index (χ3v) is 6.60. The van der Waals surface area contributed by atoms with Gasteiger partial charge in [-0.15, -0.1) is 0 Å². The number of allylic oxidation sites excluding steroid dienone is 2. The van der Waals surface area contributed by atoms with Gasteiger partial charge >= 0.3 is 0 Å². The molecule has 3 aliphatic rings. The van der Waals surface area contributed by atoms with E-state index in [0.29, 0.717) is 12.8 Å². The molecule has 0 aromatic heterocycles. The van der Waals surface area contributed by atoms with Crippen LogP contribution >= 0.6 is 0 Å². The fourth-order valence-electron chi connectivity index (χ4n) is 5.27. The molecule has 23 heavy (non-hydrogen) atoms. The molecule has 4 rings (SSSR count). The van der Waals surface area contributed by atoms with Gasteiger partial charge in [0.25, 0.3) is 0 Å². The number of benzene rings is 1. The van der Waals surface area contributed by atoms with E-state index in [2.05, 4.69) is 6.08 Å². The predicted octanol–water partition coefficient (Wildman–Crippen LogP) is 3.80. The van der Waals surface area contributed by atoms with Crippen LogP contribution < -0.4 is 0 Å². The quantitative estimate of drug-likeness (QED) is 0.775. The summed E-state index contributed by atoms with van der Waals surface area (Å²) in [7, 11) is 0. The summed E-state index contributed by atoms with van der Waals surface area (Å²) in [5, 5.41) is 30.3. The van der Waals surface area contributed by atoms with Crippen LogP contribution in [0.15, 0.2) is 24.3 Å². The van der Waals surface area contributed by atoms with Crippen molar-refractivity contribution in [2.24, 2.45) is 17.3 Å². The summed E-state index contributed by atoms with van der Waals surface area (Å²) in [6.07, 6.45) is 3.34. The number of fused-ring (bicyclic) bond motifs is 5. The number of aliphatic hydroxyl groups is 1. The zero-order chi connectivity index (χ0) is 18.0. The fraction of sp³-hybridized carbons (Fsp3) is 0.550. The Labute approximate surface area is 140 Å². The molecule has 0 bridgehead atoms. The SMILES string of the molecule is [2H][13C]([2H])(C#N)[C@]1(O)CC[C@H]2[C@@H]3CCc4cc(O)ccc4C3=CC[C@@]21C. The first-order chi connectivity index (χ1) is 11.7. The summed E-state index contributed by atoms with van der Waals surface area (Å²) >= 11 is 0. The second-order valence-electron chi connectivity index (χ2n) is 7.51. The topological polar surface area (TPSA) is 64.2 Å². The maximum atomic E-state index is 11.2. The molecule has 0 unspecified atom stereocenters. The van der Waals surface area contributed by atoms with E-state index in [9.17, 15) is 15.5 Å². The number of phenols is 1. The molecule has 0 radical (unpaired) electrons. The van der Waals surface area contributed by atoms with E-state index >= 15 is 0 Å². The molecule has 1 saturated carbocycles. The number of nitriles is 1. The molecular weight excluding hydrogens is 287 g/mol. The van der Waals surface area contributed by atoms with Crippen molar-refractivity contribution in [2.45, 2.75) is 51.0 Å². The van der Waals surface area contributed by atoms with Gasteiger partial charge in [-0.05, 0) is 72.8 Å². The molecule has 120 valence electrons. The molecule has 3 heteroatoms. The summed E-state index contributed by atoms with van der Waals surface area (Å²) in [4.78, 5) is 0. The molecule has 4 atom stereocenters. The van der Waals surface area contributed by atoms with Crippen LogP contribution in [-0.4, -0.2) is 15.8 Å². The lowest BCUT2D eigenvalue weighted by atomic mass is 9.58. The third-order valence-electron chi connectivity index (χ3n) is 6.60. The van der Waals surface area contributed by atoms with Crippen molar-refractivity contribution in [3.05, 3.63) is 35.4 Å². The predicted molar refractivity (Wildman–Crippen MR) is 88.5 cm³/mol. The lowest BCUT2D eigenvalue weighted by Gasteiger charge is -2.49. The van der Waals surface area contributed by atoms with Crippen molar-refractivity contribution in [3.63, 3.8) is 0 Å². The van der Waals surface area contributed by atoms with Crippen molar-refractivity contribution in [1.29, 1.82) is 5.26 Å². The molecule has 3 nitrogen and oxygen atoms in total. The molecule has 1 aromatic rings. The van der Waals surface area contributed by atoms with Gasteiger partial charge in [-0.2, -0.15) is 5.26 Å². The Bertz CT molecular complexity index is 812. The van der Waals surface area contributed by atoms with Crippen molar-refractivity contribution in [1.82, 2.24) is 0 Å². The van der Waals surface area contributed by atoms with Gasteiger partial charge in [0.1, 0.15) is 5.75 Å². The molecule has 1 aromatic carbocycles. The van der Waals surface area contributed by atoms with E-state index in [0.717, 1.165) is 24.8 Å². The largest absolute Gasteiger partial charge is 0.508 e. The number of nitrogens with zero attached hydrogens (tertiary/aromatic N) is 1. The van der Waals surface area contributed by atoms with Gasteiger partial charge in [0.15, 0.2) is 0 Å². The van der Waals surface area contributed by atoms with Crippen LogP contribution in [-0.2, 0) is 6.42 Å². The monoisotopic (exact) mass is 312 g/mol. The summed E-state index contributed by atoms with van der Waals surface area (Å²) < 4.78 is 16.2. The average Bonchev–Trinajstić information content (AvgIpc) is 2.87. The van der Waals surface area contributed by atoms with Crippen LogP contribution in [0, 0.1) is 28.6 Å². The normalized spacial score (nSPS) is 40.0. The molecule has 2 N–H and O–H groups in total. The standard InChI is InChI=1S/C20H23NO2/c1-19-8-6-16-15-5-3-14(22)12-13(15)2-4-17(16)18(19)7-9-20(19,23)10-11-21/h3,5-6,12,17-18,22-23H,2,4,7-10H2,1H3/t17-,18+,19+,20-/m1/s1/i10+1D2. The van der Waals surface area contributed by atoms with Gasteiger partial charge in [0, 0.05) is 8.16 Å². The highest BCUT2D eigenvalue weighted by atomic mass is 16.3. The van der Waals surface area contributed by atoms with Crippen LogP contribution in [0.25, 0.3) is 5.57 Å². The summed E-state index contributed by atoms with van der Waals surface area (Å²) in [6, 6.07) is 7.23. The smallest absolute Gasteiger partial charge is 0.115 e. The Morgan fingerprint density at radius 1 is 1.43 bits per heavy atom. The minimum Gasteiger partial charge on any atom is -0.508 e. The molecule has 3 aliphatic carbocycles. The van der Waals surface area contributed by atoms with E-state index in [1.54, 1.807) is 12.1 Å². The number of aromatic hydroxyl groups is 1. The van der Waals surface area contributed by atoms with Gasteiger partial charge < -0.3 is 10.2 Å². The zero-order valence-electron chi connectivity index (χ0n) is 15.3. The Morgan fingerprint density at radius 3 is 3.04 bits per heavy atom. The lowest BCUT2D eigenvalue weighted by Crippen LogP contribution is -2.48. The van der Waals surface area contributed by atoms with Crippen LogP contribution in [0.4, 0.5) is 0 Å². The minimum absolute atomic E-state index is 0.169. The van der Waals surface area contributed by atoms with Gasteiger partial charge in [-0.25, -0.2) is 0 Å². The summed E-state index contributed by atoms with van der Waals surface area (Å²) in [5.74, 6) is 0.734. The molecule has 0 aliphatic heterocycles. The Balaban J connectivity index is 1.79. The average molecular weight is 312 g/mol. The molecule has 0 spiro atoms. The zero-order valence-corrected chi connectivity index (χ0v) is 13.3. The van der Waals surface area contributed by atoms with E-state index in [4.69, 9.17) is 2.74 Å². The summed E-state index contributed by atoms with van der Waals surface area (Å²) in [6.45, 7) is 1.96. The van der Waals surface area contributed by atoms with E-state index in [-0.39, 0.29) is 17.6 Å². The molecule has 0 amide bonds. The second-order valence-corrected chi connectivity index (χ2v) is 7.51. The number of rotatable bonds is 1. The van der Waals surface area contributed by atoms with Crippen molar-refractivity contribution in [2.75, 3.05) is 0 Å². The van der Waals surface area contributed by atoms with Gasteiger partial charge in [-0.3, -0.25) is 0 Å². The van der Waals surface area contributed by atoms with Gasteiger partial charge in [0.05, 0.1) is 18.0 Å². The Hall–Kier alpha value is -1.79. The lowest BCUT2D eigenvalue weighted by molar-refractivity contribution is -0.0724. The molecule has 0 heterocycles. The van der Waals surface area contributed by atoms with Crippen molar-refractivity contribution in [3.8, 4) is 11.8 Å². The number of phenolic OH excluding ortho intramolecular Hbond substituents is 1. The highest BCUT2D eigenvalue weighted by Crippen LogP contribution is 2.62. The highest BCUT2D eigenvalue weighted by Gasteiger charge is 2.59. The van der Waals surface area contributed by atoms with Crippen molar-refractivity contribution >= 4 is 5.57 Å². The van der Waals surface area contributed by atoms with E-state index in [1.807, 2.05) is 19.1 Å². The van der Waals surface area contributed by atoms with Crippen LogP contribution in [0.2, 0.25) is 0 Å². The molecular formula is C20H23NO2. The van der Waals surface area contributed by atoms with Crippen molar-refractivity contribution < 1.29 is 13.0 Å². The fourth-order valence-corrected chi connectivity index (χ4v) is 5.27. The maximum Gasteiger partial charge on any atom is 0.115 e. The van der Waals surface area contributed by atoms with Gasteiger partial charge in [-0.1, -0.05) is 19.1 Å². The Kier molecular flexibility index (Phi) is 2.66. The van der Waals surface area contributed by atoms with Crippen LogP contribution in [0.1, 0.15) is 52.8 Å². The number of aryl methyl sites for hydroxylation is 1.